The second kappa shape index (κ2) is 5.75. The first kappa shape index (κ1) is 13.4. The molecular formula is C14H17NO4. The molecule has 0 fully saturated rings. The van der Waals surface area contributed by atoms with Gasteiger partial charge in [0.2, 0.25) is 0 Å². The minimum absolute atomic E-state index is 0.0659. The van der Waals surface area contributed by atoms with Gasteiger partial charge >= 0.3 is 0 Å². The number of fused-ring (bicyclic) bond motifs is 1. The highest BCUT2D eigenvalue weighted by Crippen LogP contribution is 2.33. The van der Waals surface area contributed by atoms with Gasteiger partial charge in [-0.2, -0.15) is 0 Å². The maximum atomic E-state index is 12.3. The molecule has 5 nitrogen and oxygen atoms in total. The maximum absolute atomic E-state index is 12.3. The number of benzene rings is 1. The molecule has 0 bridgehead atoms. The van der Waals surface area contributed by atoms with Crippen molar-refractivity contribution in [3.8, 4) is 11.5 Å². The van der Waals surface area contributed by atoms with Gasteiger partial charge in [0.1, 0.15) is 0 Å². The second-order valence-electron chi connectivity index (χ2n) is 4.15. The van der Waals surface area contributed by atoms with Crippen LogP contribution in [0.5, 0.6) is 11.5 Å². The number of methoxy groups -OCH3 is 2. The molecule has 0 aliphatic heterocycles. The highest BCUT2D eigenvalue weighted by molar-refractivity contribution is 5.90. The highest BCUT2D eigenvalue weighted by atomic mass is 16.5. The first-order chi connectivity index (χ1) is 9.22. The number of ether oxygens (including phenoxy) is 2. The molecule has 0 atom stereocenters. The Labute approximate surface area is 111 Å². The molecule has 1 heterocycles. The number of rotatable bonds is 5. The summed E-state index contributed by atoms with van der Waals surface area (Å²) in [7, 11) is 3.11. The average molecular weight is 263 g/mol. The zero-order chi connectivity index (χ0) is 13.8. The Morgan fingerprint density at radius 2 is 1.95 bits per heavy atom. The molecule has 0 saturated heterocycles. The molecule has 102 valence electrons. The lowest BCUT2D eigenvalue weighted by Gasteiger charge is -2.12. The second-order valence-corrected chi connectivity index (χ2v) is 4.15. The third kappa shape index (κ3) is 2.42. The van der Waals surface area contributed by atoms with Crippen LogP contribution in [-0.4, -0.2) is 30.5 Å². The number of pyridine rings is 1. The fraction of sp³-hybridized carbons (Fsp3) is 0.357. The lowest BCUT2D eigenvalue weighted by atomic mass is 10.1. The molecular weight excluding hydrogens is 246 g/mol. The summed E-state index contributed by atoms with van der Waals surface area (Å²) < 4.78 is 12.1. The van der Waals surface area contributed by atoms with Crippen molar-refractivity contribution >= 4 is 10.8 Å². The molecule has 0 aliphatic carbocycles. The molecule has 0 unspecified atom stereocenters. The molecule has 19 heavy (non-hydrogen) atoms. The smallest absolute Gasteiger partial charge is 0.258 e. The lowest BCUT2D eigenvalue weighted by Crippen LogP contribution is -2.20. The Morgan fingerprint density at radius 1 is 1.16 bits per heavy atom. The quantitative estimate of drug-likeness (QED) is 0.885. The van der Waals surface area contributed by atoms with Gasteiger partial charge in [0.25, 0.3) is 5.56 Å². The Morgan fingerprint density at radius 3 is 2.58 bits per heavy atom. The molecule has 1 aromatic carbocycles. The topological polar surface area (TPSA) is 60.7 Å². The summed E-state index contributed by atoms with van der Waals surface area (Å²) in [4.78, 5) is 12.3. The molecule has 1 N–H and O–H groups in total. The summed E-state index contributed by atoms with van der Waals surface area (Å²) in [6, 6.07) is 5.28. The molecule has 0 aliphatic rings. The number of hydrogen-bond acceptors (Lipinski definition) is 4. The first-order valence-corrected chi connectivity index (χ1v) is 6.08. The highest BCUT2D eigenvalue weighted by Gasteiger charge is 2.11. The number of hydrogen-bond donors (Lipinski definition) is 1. The van der Waals surface area contributed by atoms with E-state index in [4.69, 9.17) is 14.6 Å². The van der Waals surface area contributed by atoms with Crippen molar-refractivity contribution < 1.29 is 14.6 Å². The normalized spacial score (nSPS) is 10.7. The van der Waals surface area contributed by atoms with Gasteiger partial charge in [-0.15, -0.1) is 0 Å². The molecule has 1 aromatic heterocycles. The zero-order valence-corrected chi connectivity index (χ0v) is 11.0. The summed E-state index contributed by atoms with van der Waals surface area (Å²) >= 11 is 0. The number of nitrogens with zero attached hydrogens (tertiary/aromatic N) is 1. The third-order valence-corrected chi connectivity index (χ3v) is 3.05. The fourth-order valence-electron chi connectivity index (χ4n) is 2.11. The lowest BCUT2D eigenvalue weighted by molar-refractivity contribution is 0.279. The fourth-order valence-corrected chi connectivity index (χ4v) is 2.11. The molecule has 0 radical (unpaired) electrons. The van der Waals surface area contributed by atoms with E-state index in [2.05, 4.69) is 0 Å². The van der Waals surface area contributed by atoms with Crippen LogP contribution in [0.3, 0.4) is 0 Å². The zero-order valence-electron chi connectivity index (χ0n) is 11.0. The first-order valence-electron chi connectivity index (χ1n) is 6.08. The van der Waals surface area contributed by atoms with Gasteiger partial charge in [-0.3, -0.25) is 4.79 Å². The van der Waals surface area contributed by atoms with E-state index in [1.165, 1.54) is 0 Å². The van der Waals surface area contributed by atoms with Crippen LogP contribution < -0.4 is 15.0 Å². The number of aryl methyl sites for hydroxylation is 1. The van der Waals surface area contributed by atoms with Crippen molar-refractivity contribution in [3.63, 3.8) is 0 Å². The SMILES string of the molecule is COc1ccc2c(=O)n(CCCO)ccc2c1OC. The van der Waals surface area contributed by atoms with E-state index in [0.717, 1.165) is 5.39 Å². The van der Waals surface area contributed by atoms with Crippen molar-refractivity contribution in [1.29, 1.82) is 0 Å². The molecule has 2 rings (SSSR count). The summed E-state index contributed by atoms with van der Waals surface area (Å²) in [5, 5.41) is 10.1. The molecule has 0 spiro atoms. The third-order valence-electron chi connectivity index (χ3n) is 3.05. The maximum Gasteiger partial charge on any atom is 0.258 e. The van der Waals surface area contributed by atoms with Crippen LogP contribution in [0, 0.1) is 0 Å². The Balaban J connectivity index is 2.62. The number of aliphatic hydroxyl groups excluding tert-OH is 1. The monoisotopic (exact) mass is 263 g/mol. The predicted molar refractivity (Wildman–Crippen MR) is 73.0 cm³/mol. The molecule has 2 aromatic rings. The van der Waals surface area contributed by atoms with Gasteiger partial charge in [-0.25, -0.2) is 0 Å². The van der Waals surface area contributed by atoms with Crippen molar-refractivity contribution in [1.82, 2.24) is 4.57 Å². The van der Waals surface area contributed by atoms with E-state index in [9.17, 15) is 4.79 Å². The van der Waals surface area contributed by atoms with Gasteiger partial charge in [-0.1, -0.05) is 0 Å². The van der Waals surface area contributed by atoms with E-state index < -0.39 is 0 Å². The summed E-state index contributed by atoms with van der Waals surface area (Å²) in [5.74, 6) is 1.16. The van der Waals surface area contributed by atoms with Crippen LogP contribution >= 0.6 is 0 Å². The van der Waals surface area contributed by atoms with Gasteiger partial charge < -0.3 is 19.1 Å². The van der Waals surface area contributed by atoms with Crippen molar-refractivity contribution in [3.05, 3.63) is 34.7 Å². The van der Waals surface area contributed by atoms with Crippen molar-refractivity contribution in [2.45, 2.75) is 13.0 Å². The van der Waals surface area contributed by atoms with Crippen LogP contribution in [0.25, 0.3) is 10.8 Å². The summed E-state index contributed by atoms with van der Waals surface area (Å²) in [5.41, 5.74) is -0.0908. The van der Waals surface area contributed by atoms with Crippen LogP contribution in [0.4, 0.5) is 0 Å². The van der Waals surface area contributed by atoms with E-state index in [1.54, 1.807) is 37.1 Å². The Bertz CT molecular complexity index is 633. The van der Waals surface area contributed by atoms with Crippen LogP contribution in [0.1, 0.15) is 6.42 Å². The number of aliphatic hydroxyl groups is 1. The minimum Gasteiger partial charge on any atom is -0.493 e. The van der Waals surface area contributed by atoms with E-state index >= 15 is 0 Å². The standard InChI is InChI=1S/C14H17NO4/c1-18-12-5-4-11-10(13(12)19-2)6-8-15(14(11)17)7-3-9-16/h4-6,8,16H,3,7,9H2,1-2H3. The van der Waals surface area contributed by atoms with Crippen LogP contribution in [0.15, 0.2) is 29.2 Å². The van der Waals surface area contributed by atoms with E-state index in [1.807, 2.05) is 6.07 Å². The average Bonchev–Trinajstić information content (AvgIpc) is 2.45. The largest absolute Gasteiger partial charge is 0.493 e. The molecule has 0 amide bonds. The van der Waals surface area contributed by atoms with E-state index in [0.29, 0.717) is 29.9 Å². The molecule has 5 heteroatoms. The van der Waals surface area contributed by atoms with Crippen LogP contribution in [0.2, 0.25) is 0 Å². The minimum atomic E-state index is -0.0908. The summed E-state index contributed by atoms with van der Waals surface area (Å²) in [6.07, 6.45) is 2.26. The van der Waals surface area contributed by atoms with Gasteiger partial charge in [0.15, 0.2) is 11.5 Å². The van der Waals surface area contributed by atoms with Crippen LogP contribution in [-0.2, 0) is 6.54 Å². The summed E-state index contributed by atoms with van der Waals surface area (Å²) in [6.45, 7) is 0.566. The predicted octanol–water partition coefficient (Wildman–Crippen LogP) is 1.40. The van der Waals surface area contributed by atoms with Gasteiger partial charge in [0.05, 0.1) is 19.6 Å². The number of aromatic nitrogens is 1. The Hall–Kier alpha value is -2.01. The van der Waals surface area contributed by atoms with Gasteiger partial charge in [-0.05, 0) is 24.6 Å². The Kier molecular flexibility index (Phi) is 4.06. The van der Waals surface area contributed by atoms with E-state index in [-0.39, 0.29) is 12.2 Å². The molecule has 0 saturated carbocycles. The van der Waals surface area contributed by atoms with Gasteiger partial charge in [0, 0.05) is 24.7 Å². The van der Waals surface area contributed by atoms with Crippen molar-refractivity contribution in [2.75, 3.05) is 20.8 Å². The van der Waals surface area contributed by atoms with Crippen molar-refractivity contribution in [2.24, 2.45) is 0 Å².